The summed E-state index contributed by atoms with van der Waals surface area (Å²) in [6.45, 7) is 1.40. The van der Waals surface area contributed by atoms with Gasteiger partial charge in [0.15, 0.2) is 0 Å². The third kappa shape index (κ3) is 3.62. The lowest BCUT2D eigenvalue weighted by Crippen LogP contribution is -2.48. The molecule has 1 aromatic heterocycles. The number of nitrogens with zero attached hydrogens (tertiary/aromatic N) is 2. The SMILES string of the molecule is O=S(=O)(NC1CCCN(c2ncc(Cl)cc2Cl)C1)C1CC1. The molecule has 0 radical (unpaired) electrons. The van der Waals surface area contributed by atoms with Gasteiger partial charge in [0.1, 0.15) is 5.82 Å². The molecule has 2 aliphatic rings. The predicted molar refractivity (Wildman–Crippen MR) is 84.6 cm³/mol. The van der Waals surface area contributed by atoms with Gasteiger partial charge >= 0.3 is 0 Å². The number of sulfonamides is 1. The molecule has 1 aliphatic carbocycles. The van der Waals surface area contributed by atoms with Gasteiger partial charge in [0.2, 0.25) is 10.0 Å². The fraction of sp³-hybridized carbons (Fsp3) is 0.615. The minimum absolute atomic E-state index is 0.0853. The fourth-order valence-corrected chi connectivity index (χ4v) is 4.72. The highest BCUT2D eigenvalue weighted by Gasteiger charge is 2.37. The van der Waals surface area contributed by atoms with Crippen molar-refractivity contribution in [1.29, 1.82) is 0 Å². The normalized spacial score (nSPS) is 23.3. The van der Waals surface area contributed by atoms with Gasteiger partial charge < -0.3 is 4.90 Å². The second-order valence-corrected chi connectivity index (χ2v) is 8.44. The van der Waals surface area contributed by atoms with Crippen molar-refractivity contribution in [3.8, 4) is 0 Å². The summed E-state index contributed by atoms with van der Waals surface area (Å²) in [4.78, 5) is 6.28. The highest BCUT2D eigenvalue weighted by molar-refractivity contribution is 7.90. The Balaban J connectivity index is 1.70. The van der Waals surface area contributed by atoms with E-state index in [2.05, 4.69) is 9.71 Å². The van der Waals surface area contributed by atoms with Gasteiger partial charge in [-0.3, -0.25) is 0 Å². The van der Waals surface area contributed by atoms with Crippen LogP contribution in [0.25, 0.3) is 0 Å². The molecule has 5 nitrogen and oxygen atoms in total. The Morgan fingerprint density at radius 2 is 2.05 bits per heavy atom. The Bertz CT molecular complexity index is 634. The summed E-state index contributed by atoms with van der Waals surface area (Å²) in [5.74, 6) is 0.663. The highest BCUT2D eigenvalue weighted by atomic mass is 35.5. The van der Waals surface area contributed by atoms with Crippen LogP contribution in [-0.4, -0.2) is 37.8 Å². The largest absolute Gasteiger partial charge is 0.354 e. The smallest absolute Gasteiger partial charge is 0.214 e. The van der Waals surface area contributed by atoms with Crippen LogP contribution < -0.4 is 9.62 Å². The summed E-state index contributed by atoms with van der Waals surface area (Å²) < 4.78 is 26.9. The zero-order chi connectivity index (χ0) is 15.0. The maximum Gasteiger partial charge on any atom is 0.214 e. The molecule has 0 amide bonds. The number of piperidine rings is 1. The van der Waals surface area contributed by atoms with Crippen molar-refractivity contribution in [3.63, 3.8) is 0 Å². The minimum Gasteiger partial charge on any atom is -0.354 e. The molecule has 3 rings (SSSR count). The maximum atomic E-state index is 12.0. The van der Waals surface area contributed by atoms with Gasteiger partial charge in [0, 0.05) is 25.3 Å². The van der Waals surface area contributed by atoms with E-state index >= 15 is 0 Å². The number of hydrogen-bond donors (Lipinski definition) is 1. The van der Waals surface area contributed by atoms with Crippen LogP contribution >= 0.6 is 23.2 Å². The van der Waals surface area contributed by atoms with Gasteiger partial charge in [0.05, 0.1) is 15.3 Å². The zero-order valence-corrected chi connectivity index (χ0v) is 13.8. The van der Waals surface area contributed by atoms with Crippen LogP contribution in [0.4, 0.5) is 5.82 Å². The molecule has 1 unspecified atom stereocenters. The fourth-order valence-electron chi connectivity index (χ4n) is 2.61. The molecule has 1 saturated heterocycles. The van der Waals surface area contributed by atoms with E-state index in [0.717, 1.165) is 32.2 Å². The minimum atomic E-state index is -3.16. The van der Waals surface area contributed by atoms with Gasteiger partial charge in [-0.05, 0) is 31.7 Å². The maximum absolute atomic E-state index is 12.0. The van der Waals surface area contributed by atoms with Crippen molar-refractivity contribution in [2.75, 3.05) is 18.0 Å². The van der Waals surface area contributed by atoms with Crippen LogP contribution in [0, 0.1) is 0 Å². The van der Waals surface area contributed by atoms with Gasteiger partial charge in [-0.1, -0.05) is 23.2 Å². The number of hydrogen-bond acceptors (Lipinski definition) is 4. The Kier molecular flexibility index (Phi) is 4.32. The number of nitrogens with one attached hydrogen (secondary N) is 1. The lowest BCUT2D eigenvalue weighted by Gasteiger charge is -2.34. The molecule has 1 atom stereocenters. The van der Waals surface area contributed by atoms with E-state index in [-0.39, 0.29) is 11.3 Å². The van der Waals surface area contributed by atoms with Crippen molar-refractivity contribution in [3.05, 3.63) is 22.3 Å². The summed E-state index contributed by atoms with van der Waals surface area (Å²) in [6.07, 6.45) is 4.85. The number of pyridine rings is 1. The number of halogens is 2. The van der Waals surface area contributed by atoms with Crippen molar-refractivity contribution in [1.82, 2.24) is 9.71 Å². The van der Waals surface area contributed by atoms with Crippen LogP contribution in [0.5, 0.6) is 0 Å². The summed E-state index contributed by atoms with van der Waals surface area (Å²) >= 11 is 12.0. The molecule has 0 spiro atoms. The van der Waals surface area contributed by atoms with Crippen molar-refractivity contribution < 1.29 is 8.42 Å². The van der Waals surface area contributed by atoms with E-state index in [9.17, 15) is 8.42 Å². The van der Waals surface area contributed by atoms with Gasteiger partial charge in [-0.2, -0.15) is 0 Å². The molecule has 0 aromatic carbocycles. The van der Waals surface area contributed by atoms with E-state index in [1.165, 1.54) is 0 Å². The lowest BCUT2D eigenvalue weighted by atomic mass is 10.1. The van der Waals surface area contributed by atoms with E-state index in [0.29, 0.717) is 22.4 Å². The predicted octanol–water partition coefficient (Wildman–Crippen LogP) is 2.44. The number of aromatic nitrogens is 1. The first-order chi connectivity index (χ1) is 9.95. The van der Waals surface area contributed by atoms with Crippen LogP contribution in [0.2, 0.25) is 10.0 Å². The third-order valence-corrected chi connectivity index (χ3v) is 6.30. The average molecular weight is 350 g/mol. The molecule has 0 bridgehead atoms. The first-order valence-electron chi connectivity index (χ1n) is 7.03. The molecule has 2 heterocycles. The van der Waals surface area contributed by atoms with Crippen LogP contribution in [-0.2, 0) is 10.0 Å². The first-order valence-corrected chi connectivity index (χ1v) is 9.33. The summed E-state index contributed by atoms with van der Waals surface area (Å²) in [6, 6.07) is 1.57. The van der Waals surface area contributed by atoms with E-state index in [1.807, 2.05) is 4.90 Å². The highest BCUT2D eigenvalue weighted by Crippen LogP contribution is 2.30. The lowest BCUT2D eigenvalue weighted by molar-refractivity contribution is 0.463. The van der Waals surface area contributed by atoms with Crippen LogP contribution in [0.1, 0.15) is 25.7 Å². The second kappa shape index (κ2) is 5.91. The van der Waals surface area contributed by atoms with Crippen molar-refractivity contribution in [2.45, 2.75) is 37.0 Å². The Labute approximate surface area is 134 Å². The van der Waals surface area contributed by atoms with Gasteiger partial charge in [0.25, 0.3) is 0 Å². The standard InChI is InChI=1S/C13H17Cl2N3O2S/c14-9-6-12(15)13(16-7-9)18-5-1-2-10(8-18)17-21(19,20)11-3-4-11/h6-7,10-11,17H,1-5,8H2. The van der Waals surface area contributed by atoms with Crippen LogP contribution in [0.3, 0.4) is 0 Å². The van der Waals surface area contributed by atoms with E-state index in [1.54, 1.807) is 12.3 Å². The monoisotopic (exact) mass is 349 g/mol. The molecule has 2 fully saturated rings. The van der Waals surface area contributed by atoms with Gasteiger partial charge in [-0.15, -0.1) is 0 Å². The summed E-state index contributed by atoms with van der Waals surface area (Å²) in [5, 5.41) is 0.796. The average Bonchev–Trinajstić information content (AvgIpc) is 3.23. The van der Waals surface area contributed by atoms with Crippen molar-refractivity contribution >= 4 is 39.0 Å². The zero-order valence-electron chi connectivity index (χ0n) is 11.4. The molecule has 8 heteroatoms. The van der Waals surface area contributed by atoms with Gasteiger partial charge in [-0.25, -0.2) is 18.1 Å². The molecule has 1 aliphatic heterocycles. The first kappa shape index (κ1) is 15.3. The number of rotatable bonds is 4. The summed E-state index contributed by atoms with van der Waals surface area (Å²) in [5.41, 5.74) is 0. The molecule has 1 saturated carbocycles. The quantitative estimate of drug-likeness (QED) is 0.906. The van der Waals surface area contributed by atoms with Crippen molar-refractivity contribution in [2.24, 2.45) is 0 Å². The third-order valence-electron chi connectivity index (χ3n) is 3.80. The Morgan fingerprint density at radius 1 is 1.29 bits per heavy atom. The molecular formula is C13H17Cl2N3O2S. The second-order valence-electron chi connectivity index (χ2n) is 5.61. The topological polar surface area (TPSA) is 62.3 Å². The van der Waals surface area contributed by atoms with E-state index < -0.39 is 10.0 Å². The number of anilines is 1. The van der Waals surface area contributed by atoms with Crippen LogP contribution in [0.15, 0.2) is 12.3 Å². The molecular weight excluding hydrogens is 333 g/mol. The molecule has 116 valence electrons. The molecule has 1 aromatic rings. The molecule has 1 N–H and O–H groups in total. The Hall–Kier alpha value is -0.560. The molecule has 21 heavy (non-hydrogen) atoms. The Morgan fingerprint density at radius 3 is 2.71 bits per heavy atom. The summed E-state index contributed by atoms with van der Waals surface area (Å²) in [7, 11) is -3.16. The van der Waals surface area contributed by atoms with E-state index in [4.69, 9.17) is 23.2 Å².